The van der Waals surface area contributed by atoms with Crippen LogP contribution in [0.2, 0.25) is 0 Å². The van der Waals surface area contributed by atoms with Crippen molar-refractivity contribution in [3.63, 3.8) is 0 Å². The van der Waals surface area contributed by atoms with Gasteiger partial charge in [-0.25, -0.2) is 8.42 Å². The Labute approximate surface area is 122 Å². The van der Waals surface area contributed by atoms with Crippen molar-refractivity contribution in [1.82, 2.24) is 9.46 Å². The molecular formula is C13H15N3O4S. The number of rotatable bonds is 6. The smallest absolute Gasteiger partial charge is 0.248 e. The highest BCUT2D eigenvalue weighted by Gasteiger charge is 2.31. The van der Waals surface area contributed by atoms with E-state index in [4.69, 9.17) is 14.2 Å². The highest BCUT2D eigenvalue weighted by Crippen LogP contribution is 2.24. The fourth-order valence-electron chi connectivity index (χ4n) is 2.01. The van der Waals surface area contributed by atoms with Crippen LogP contribution in [0.1, 0.15) is 23.6 Å². The SMILES string of the molecule is Cc1noc(C)c1S(=O)(=O)N(CCC#N)Cc1ccco1. The van der Waals surface area contributed by atoms with Gasteiger partial charge in [0.15, 0.2) is 5.76 Å². The summed E-state index contributed by atoms with van der Waals surface area (Å²) in [4.78, 5) is 0.0481. The zero-order chi connectivity index (χ0) is 15.5. The van der Waals surface area contributed by atoms with Crippen molar-refractivity contribution in [2.75, 3.05) is 6.54 Å². The van der Waals surface area contributed by atoms with Gasteiger partial charge in [0, 0.05) is 13.0 Å². The lowest BCUT2D eigenvalue weighted by atomic mass is 10.4. The second-order valence-electron chi connectivity index (χ2n) is 4.48. The first-order valence-corrected chi connectivity index (χ1v) is 7.73. The number of hydrogen-bond donors (Lipinski definition) is 0. The third-order valence-corrected chi connectivity index (χ3v) is 5.04. The van der Waals surface area contributed by atoms with Crippen LogP contribution in [0.4, 0.5) is 0 Å². The number of hydrogen-bond acceptors (Lipinski definition) is 6. The molecule has 0 N–H and O–H groups in total. The highest BCUT2D eigenvalue weighted by atomic mass is 32.2. The molecule has 8 heteroatoms. The summed E-state index contributed by atoms with van der Waals surface area (Å²) in [5.74, 6) is 0.733. The van der Waals surface area contributed by atoms with E-state index in [0.717, 1.165) is 0 Å². The van der Waals surface area contributed by atoms with Gasteiger partial charge in [-0.15, -0.1) is 0 Å². The molecule has 2 rings (SSSR count). The van der Waals surface area contributed by atoms with Gasteiger partial charge in [-0.2, -0.15) is 9.57 Å². The molecule has 21 heavy (non-hydrogen) atoms. The predicted molar refractivity (Wildman–Crippen MR) is 72.5 cm³/mol. The van der Waals surface area contributed by atoms with E-state index in [9.17, 15) is 8.42 Å². The van der Waals surface area contributed by atoms with Crippen molar-refractivity contribution in [1.29, 1.82) is 5.26 Å². The zero-order valence-electron chi connectivity index (χ0n) is 11.7. The van der Waals surface area contributed by atoms with Crippen molar-refractivity contribution in [3.05, 3.63) is 35.6 Å². The van der Waals surface area contributed by atoms with Crippen molar-refractivity contribution < 1.29 is 17.4 Å². The molecule has 0 amide bonds. The first-order valence-electron chi connectivity index (χ1n) is 6.29. The maximum absolute atomic E-state index is 12.7. The van der Waals surface area contributed by atoms with Crippen LogP contribution in [-0.4, -0.2) is 24.4 Å². The molecule has 0 saturated heterocycles. The molecule has 0 aliphatic carbocycles. The maximum Gasteiger partial charge on any atom is 0.248 e. The Morgan fingerprint density at radius 2 is 2.19 bits per heavy atom. The number of nitriles is 1. The first-order chi connectivity index (χ1) is 9.96. The van der Waals surface area contributed by atoms with Crippen LogP contribution in [0.15, 0.2) is 32.2 Å². The minimum absolute atomic E-state index is 0.0481. The van der Waals surface area contributed by atoms with Crippen LogP contribution in [0.3, 0.4) is 0 Å². The monoisotopic (exact) mass is 309 g/mol. The summed E-state index contributed by atoms with van der Waals surface area (Å²) in [6.07, 6.45) is 1.56. The van der Waals surface area contributed by atoms with Crippen LogP contribution < -0.4 is 0 Å². The molecule has 2 aromatic rings. The lowest BCUT2D eigenvalue weighted by Crippen LogP contribution is -2.32. The minimum atomic E-state index is -3.80. The fraction of sp³-hybridized carbons (Fsp3) is 0.385. The summed E-state index contributed by atoms with van der Waals surface area (Å²) in [7, 11) is -3.80. The van der Waals surface area contributed by atoms with Crippen LogP contribution in [-0.2, 0) is 16.6 Å². The molecular weight excluding hydrogens is 294 g/mol. The Bertz CT molecular complexity index is 721. The summed E-state index contributed by atoms with van der Waals surface area (Å²) in [5, 5.41) is 12.4. The number of nitrogens with zero attached hydrogens (tertiary/aromatic N) is 3. The molecule has 0 atom stereocenters. The molecule has 0 saturated carbocycles. The largest absolute Gasteiger partial charge is 0.468 e. The number of sulfonamides is 1. The van der Waals surface area contributed by atoms with E-state index >= 15 is 0 Å². The summed E-state index contributed by atoms with van der Waals surface area (Å²) in [6, 6.07) is 5.31. The molecule has 0 aliphatic rings. The van der Waals surface area contributed by atoms with E-state index in [-0.39, 0.29) is 30.2 Å². The van der Waals surface area contributed by atoms with Gasteiger partial charge in [0.25, 0.3) is 0 Å². The van der Waals surface area contributed by atoms with Crippen molar-refractivity contribution in [3.8, 4) is 6.07 Å². The average molecular weight is 309 g/mol. The van der Waals surface area contributed by atoms with Gasteiger partial charge < -0.3 is 8.94 Å². The van der Waals surface area contributed by atoms with Gasteiger partial charge >= 0.3 is 0 Å². The molecule has 0 radical (unpaired) electrons. The van der Waals surface area contributed by atoms with E-state index in [1.807, 2.05) is 6.07 Å². The molecule has 0 bridgehead atoms. The van der Waals surface area contributed by atoms with E-state index in [2.05, 4.69) is 5.16 Å². The van der Waals surface area contributed by atoms with Gasteiger partial charge in [0.1, 0.15) is 16.3 Å². The van der Waals surface area contributed by atoms with Gasteiger partial charge in [-0.05, 0) is 26.0 Å². The molecule has 0 fully saturated rings. The minimum Gasteiger partial charge on any atom is -0.468 e. The molecule has 0 aliphatic heterocycles. The first kappa shape index (κ1) is 15.3. The van der Waals surface area contributed by atoms with Crippen LogP contribution >= 0.6 is 0 Å². The molecule has 0 unspecified atom stereocenters. The summed E-state index contributed by atoms with van der Waals surface area (Å²) < 4.78 is 36.8. The quantitative estimate of drug-likeness (QED) is 0.809. The third-order valence-electron chi connectivity index (χ3n) is 2.95. The van der Waals surface area contributed by atoms with Crippen LogP contribution in [0.25, 0.3) is 0 Å². The summed E-state index contributed by atoms with van der Waals surface area (Å²) in [6.45, 7) is 3.24. The molecule has 112 valence electrons. The van der Waals surface area contributed by atoms with Crippen molar-refractivity contribution in [2.45, 2.75) is 31.7 Å². The highest BCUT2D eigenvalue weighted by molar-refractivity contribution is 7.89. The molecule has 7 nitrogen and oxygen atoms in total. The van der Waals surface area contributed by atoms with Crippen molar-refractivity contribution >= 4 is 10.0 Å². The van der Waals surface area contributed by atoms with Crippen LogP contribution in [0, 0.1) is 25.2 Å². The molecule has 2 heterocycles. The van der Waals surface area contributed by atoms with E-state index in [1.54, 1.807) is 26.0 Å². The van der Waals surface area contributed by atoms with Gasteiger partial charge in [0.2, 0.25) is 10.0 Å². The molecule has 0 spiro atoms. The number of aryl methyl sites for hydroxylation is 2. The average Bonchev–Trinajstić information content (AvgIpc) is 3.04. The fourth-order valence-corrected chi connectivity index (χ4v) is 3.71. The third kappa shape index (κ3) is 3.15. The van der Waals surface area contributed by atoms with Crippen molar-refractivity contribution in [2.24, 2.45) is 0 Å². The topological polar surface area (TPSA) is 100 Å². The molecule has 2 aromatic heterocycles. The number of aromatic nitrogens is 1. The standard InChI is InChI=1S/C13H15N3O4S/c1-10-13(11(2)20-15-10)21(17,18)16(7-4-6-14)9-12-5-3-8-19-12/h3,5,8H,4,7,9H2,1-2H3. The predicted octanol–water partition coefficient (Wildman–Crippen LogP) is 1.99. The maximum atomic E-state index is 12.7. The van der Waals surface area contributed by atoms with E-state index in [1.165, 1.54) is 10.6 Å². The van der Waals surface area contributed by atoms with Gasteiger partial charge in [0.05, 0.1) is 18.9 Å². The van der Waals surface area contributed by atoms with E-state index in [0.29, 0.717) is 11.5 Å². The number of furan rings is 1. The Morgan fingerprint density at radius 1 is 1.43 bits per heavy atom. The lowest BCUT2D eigenvalue weighted by molar-refractivity contribution is 0.365. The molecule has 0 aromatic carbocycles. The Balaban J connectivity index is 2.37. The van der Waals surface area contributed by atoms with E-state index < -0.39 is 10.0 Å². The Kier molecular flexibility index (Phi) is 4.45. The normalized spacial score (nSPS) is 11.7. The second-order valence-corrected chi connectivity index (χ2v) is 6.35. The summed E-state index contributed by atoms with van der Waals surface area (Å²) in [5.41, 5.74) is 0.300. The second kappa shape index (κ2) is 6.11. The zero-order valence-corrected chi connectivity index (χ0v) is 12.6. The Morgan fingerprint density at radius 3 is 2.71 bits per heavy atom. The van der Waals surface area contributed by atoms with Gasteiger partial charge in [-0.1, -0.05) is 5.16 Å². The van der Waals surface area contributed by atoms with Crippen LogP contribution in [0.5, 0.6) is 0 Å². The van der Waals surface area contributed by atoms with Gasteiger partial charge in [-0.3, -0.25) is 0 Å². The lowest BCUT2D eigenvalue weighted by Gasteiger charge is -2.19. The Hall–Kier alpha value is -2.11. The summed E-state index contributed by atoms with van der Waals surface area (Å²) >= 11 is 0.